The van der Waals surface area contributed by atoms with E-state index in [1.54, 1.807) is 42.5 Å². The van der Waals surface area contributed by atoms with Gasteiger partial charge in [-0.3, -0.25) is 10.2 Å². The van der Waals surface area contributed by atoms with E-state index in [9.17, 15) is 14.7 Å². The average Bonchev–Trinajstić information content (AvgIpc) is 3.29. The third-order valence-corrected chi connectivity index (χ3v) is 5.85. The summed E-state index contributed by atoms with van der Waals surface area (Å²) in [6.07, 6.45) is 1.59. The molecule has 2 N–H and O–H groups in total. The zero-order valence-electron chi connectivity index (χ0n) is 15.2. The number of anilines is 1. The Morgan fingerprint density at radius 1 is 1.13 bits per heavy atom. The van der Waals surface area contributed by atoms with Crippen LogP contribution < -0.4 is 5.43 Å². The summed E-state index contributed by atoms with van der Waals surface area (Å²) >= 11 is 12.6. The van der Waals surface area contributed by atoms with Crippen LogP contribution in [0.4, 0.5) is 5.69 Å². The van der Waals surface area contributed by atoms with Crippen molar-refractivity contribution >= 4 is 63.5 Å². The van der Waals surface area contributed by atoms with E-state index < -0.39 is 11.9 Å². The summed E-state index contributed by atoms with van der Waals surface area (Å²) in [5.74, 6) is -0.463. The molecule has 2 heterocycles. The molecule has 0 radical (unpaired) electrons. The van der Waals surface area contributed by atoms with Gasteiger partial charge in [0, 0.05) is 11.6 Å². The Kier molecular flexibility index (Phi) is 5.63. The fraction of sp³-hybridized carbons (Fsp3) is 0. The molecule has 150 valence electrons. The van der Waals surface area contributed by atoms with E-state index in [1.807, 2.05) is 18.2 Å². The van der Waals surface area contributed by atoms with Crippen LogP contribution in [-0.4, -0.2) is 26.3 Å². The SMILES string of the molecule is O=C(O)c1ccccc1NN1C(=O)C(=Cc2ccc(-c3ccccc3Cl)o2)SC1=S. The van der Waals surface area contributed by atoms with Crippen molar-refractivity contribution in [1.29, 1.82) is 0 Å². The molecule has 0 saturated carbocycles. The van der Waals surface area contributed by atoms with Crippen LogP contribution in [0.2, 0.25) is 5.02 Å². The minimum absolute atomic E-state index is 0.0333. The van der Waals surface area contributed by atoms with Gasteiger partial charge < -0.3 is 9.52 Å². The Hall–Kier alpha value is -3.07. The maximum absolute atomic E-state index is 12.8. The Labute approximate surface area is 186 Å². The number of amides is 1. The van der Waals surface area contributed by atoms with Gasteiger partial charge >= 0.3 is 5.97 Å². The Morgan fingerprint density at radius 3 is 2.63 bits per heavy atom. The van der Waals surface area contributed by atoms with E-state index in [2.05, 4.69) is 5.43 Å². The molecule has 0 unspecified atom stereocenters. The molecular weight excluding hydrogens is 444 g/mol. The fourth-order valence-corrected chi connectivity index (χ4v) is 4.21. The lowest BCUT2D eigenvalue weighted by Crippen LogP contribution is -2.34. The van der Waals surface area contributed by atoms with E-state index in [-0.39, 0.29) is 15.6 Å². The lowest BCUT2D eigenvalue weighted by atomic mass is 10.2. The molecule has 1 aliphatic rings. The van der Waals surface area contributed by atoms with E-state index >= 15 is 0 Å². The van der Waals surface area contributed by atoms with E-state index in [0.717, 1.165) is 22.3 Å². The van der Waals surface area contributed by atoms with Crippen molar-refractivity contribution in [3.63, 3.8) is 0 Å². The monoisotopic (exact) mass is 456 g/mol. The zero-order chi connectivity index (χ0) is 21.3. The summed E-state index contributed by atoms with van der Waals surface area (Å²) in [5, 5.41) is 11.0. The number of thiocarbonyl (C=S) groups is 1. The van der Waals surface area contributed by atoms with Gasteiger partial charge in [0.25, 0.3) is 5.91 Å². The number of hydrogen-bond acceptors (Lipinski definition) is 6. The molecule has 3 aromatic rings. The number of para-hydroxylation sites is 1. The molecular formula is C21H13ClN2O4S2. The highest BCUT2D eigenvalue weighted by molar-refractivity contribution is 8.26. The summed E-state index contributed by atoms with van der Waals surface area (Å²) in [6.45, 7) is 0. The van der Waals surface area contributed by atoms with Gasteiger partial charge in [0.15, 0.2) is 4.32 Å². The maximum atomic E-state index is 12.8. The van der Waals surface area contributed by atoms with Crippen LogP contribution >= 0.6 is 35.6 Å². The summed E-state index contributed by atoms with van der Waals surface area (Å²) < 4.78 is 6.07. The number of rotatable bonds is 5. The first-order valence-electron chi connectivity index (χ1n) is 8.66. The molecule has 0 spiro atoms. The minimum atomic E-state index is -1.11. The molecule has 0 bridgehead atoms. The fourth-order valence-electron chi connectivity index (χ4n) is 2.82. The van der Waals surface area contributed by atoms with Crippen molar-refractivity contribution in [2.24, 2.45) is 0 Å². The number of benzene rings is 2. The van der Waals surface area contributed by atoms with Crippen molar-refractivity contribution < 1.29 is 19.1 Å². The molecule has 9 heteroatoms. The van der Waals surface area contributed by atoms with Crippen molar-refractivity contribution in [3.8, 4) is 11.3 Å². The van der Waals surface area contributed by atoms with Crippen LogP contribution in [0, 0.1) is 0 Å². The molecule has 1 saturated heterocycles. The summed E-state index contributed by atoms with van der Waals surface area (Å²) in [5.41, 5.74) is 3.84. The number of halogens is 1. The molecule has 1 amide bonds. The number of carboxylic acids is 1. The topological polar surface area (TPSA) is 82.8 Å². The third kappa shape index (κ3) is 3.97. The first-order chi connectivity index (χ1) is 14.4. The second-order valence-electron chi connectivity index (χ2n) is 6.16. The number of carboxylic acid groups (broad SMARTS) is 1. The van der Waals surface area contributed by atoms with Crippen LogP contribution in [0.1, 0.15) is 16.1 Å². The van der Waals surface area contributed by atoms with Gasteiger partial charge in [0.2, 0.25) is 0 Å². The molecule has 1 aliphatic heterocycles. The molecule has 4 rings (SSSR count). The minimum Gasteiger partial charge on any atom is -0.478 e. The number of nitrogens with one attached hydrogen (secondary N) is 1. The van der Waals surface area contributed by atoms with Crippen LogP contribution in [0.3, 0.4) is 0 Å². The molecule has 6 nitrogen and oxygen atoms in total. The quantitative estimate of drug-likeness (QED) is 0.386. The van der Waals surface area contributed by atoms with E-state index in [1.165, 1.54) is 6.07 Å². The first kappa shape index (κ1) is 20.2. The average molecular weight is 457 g/mol. The van der Waals surface area contributed by atoms with Gasteiger partial charge in [-0.2, -0.15) is 0 Å². The van der Waals surface area contributed by atoms with E-state index in [0.29, 0.717) is 21.4 Å². The highest BCUT2D eigenvalue weighted by Crippen LogP contribution is 2.35. The number of nitrogens with zero attached hydrogens (tertiary/aromatic N) is 1. The number of aromatic carboxylic acids is 1. The van der Waals surface area contributed by atoms with Crippen molar-refractivity contribution in [1.82, 2.24) is 5.01 Å². The number of furan rings is 1. The van der Waals surface area contributed by atoms with Crippen LogP contribution in [0.25, 0.3) is 17.4 Å². The Bertz CT molecular complexity index is 1200. The van der Waals surface area contributed by atoms with Gasteiger partial charge in [-0.25, -0.2) is 9.80 Å². The lowest BCUT2D eigenvalue weighted by Gasteiger charge is -2.18. The van der Waals surface area contributed by atoms with E-state index in [4.69, 9.17) is 28.2 Å². The third-order valence-electron chi connectivity index (χ3n) is 4.22. The molecule has 1 aromatic heterocycles. The number of hydrazine groups is 1. The zero-order valence-corrected chi connectivity index (χ0v) is 17.6. The normalized spacial score (nSPS) is 15.1. The Morgan fingerprint density at radius 2 is 1.87 bits per heavy atom. The van der Waals surface area contributed by atoms with Crippen molar-refractivity contribution in [3.05, 3.63) is 81.9 Å². The van der Waals surface area contributed by atoms with Crippen LogP contribution in [0.5, 0.6) is 0 Å². The largest absolute Gasteiger partial charge is 0.478 e. The second-order valence-corrected chi connectivity index (χ2v) is 8.24. The predicted molar refractivity (Wildman–Crippen MR) is 121 cm³/mol. The number of carbonyl (C=O) groups is 2. The summed E-state index contributed by atoms with van der Waals surface area (Å²) in [4.78, 5) is 24.6. The highest BCUT2D eigenvalue weighted by atomic mass is 35.5. The predicted octanol–water partition coefficient (Wildman–Crippen LogP) is 5.53. The molecule has 1 fully saturated rings. The van der Waals surface area contributed by atoms with Crippen LogP contribution in [-0.2, 0) is 4.79 Å². The highest BCUT2D eigenvalue weighted by Gasteiger charge is 2.33. The number of hydrogen-bond donors (Lipinski definition) is 2. The second kappa shape index (κ2) is 8.35. The molecule has 2 aromatic carbocycles. The molecule has 30 heavy (non-hydrogen) atoms. The van der Waals surface area contributed by atoms with Gasteiger partial charge in [-0.1, -0.05) is 47.6 Å². The van der Waals surface area contributed by atoms with Gasteiger partial charge in [-0.15, -0.1) is 0 Å². The first-order valence-corrected chi connectivity index (χ1v) is 10.3. The van der Waals surface area contributed by atoms with Gasteiger partial charge in [0.1, 0.15) is 11.5 Å². The van der Waals surface area contributed by atoms with Crippen molar-refractivity contribution in [2.45, 2.75) is 0 Å². The van der Waals surface area contributed by atoms with Crippen LogP contribution in [0.15, 0.2) is 70.0 Å². The maximum Gasteiger partial charge on any atom is 0.337 e. The standard InChI is InChI=1S/C21H13ClN2O4S2/c22-15-7-3-1-5-13(15)17-10-9-12(28-17)11-18-19(25)24(21(29)30-18)23-16-8-4-2-6-14(16)20(26)27/h1-11,23H,(H,26,27). The molecule has 0 aliphatic carbocycles. The Balaban J connectivity index is 1.57. The number of thioether (sulfide) groups is 1. The van der Waals surface area contributed by atoms with Gasteiger partial charge in [0.05, 0.1) is 21.2 Å². The summed E-state index contributed by atoms with van der Waals surface area (Å²) in [6, 6.07) is 17.1. The lowest BCUT2D eigenvalue weighted by molar-refractivity contribution is -0.121. The molecule has 0 atom stereocenters. The number of carbonyl (C=O) groups excluding carboxylic acids is 1. The smallest absolute Gasteiger partial charge is 0.337 e. The van der Waals surface area contributed by atoms with Gasteiger partial charge in [-0.05, 0) is 48.6 Å². The summed E-state index contributed by atoms with van der Waals surface area (Å²) in [7, 11) is 0. The van der Waals surface area contributed by atoms with Crippen molar-refractivity contribution in [2.75, 3.05) is 5.43 Å².